The molecule has 488 valence electrons. The van der Waals surface area contributed by atoms with E-state index in [9.17, 15) is 72.9 Å². The molecule has 1 aliphatic rings. The molecule has 8 atom stereocenters. The smallest absolute Gasteiger partial charge is 0.328 e. The number of aliphatic carboxylic acids is 1. The molecule has 30 heteroatoms. The van der Waals surface area contributed by atoms with Crippen LogP contribution in [-0.4, -0.2) is 174 Å². The summed E-state index contributed by atoms with van der Waals surface area (Å²) < 4.78 is 16.3. The zero-order valence-corrected chi connectivity index (χ0v) is 50.4. The normalized spacial score (nSPS) is 15.1. The van der Waals surface area contributed by atoms with Crippen molar-refractivity contribution in [1.82, 2.24) is 42.1 Å². The van der Waals surface area contributed by atoms with Crippen molar-refractivity contribution in [2.45, 2.75) is 184 Å². The van der Waals surface area contributed by atoms with Crippen molar-refractivity contribution in [2.24, 2.45) is 22.9 Å². The maximum Gasteiger partial charge on any atom is 0.328 e. The molecule has 88 heavy (non-hydrogen) atoms. The summed E-state index contributed by atoms with van der Waals surface area (Å²) >= 11 is 0. The summed E-state index contributed by atoms with van der Waals surface area (Å²) in [5, 5.41) is 45.6. The summed E-state index contributed by atoms with van der Waals surface area (Å²) in [6.45, 7) is 0.756. The molecule has 2 aromatic carbocycles. The van der Waals surface area contributed by atoms with Gasteiger partial charge in [0.1, 0.15) is 65.3 Å². The third-order valence-corrected chi connectivity index (χ3v) is 14.5. The van der Waals surface area contributed by atoms with Crippen LogP contribution in [0.15, 0.2) is 36.4 Å². The molecule has 0 aliphatic carbocycles. The molecule has 11 amide bonds. The van der Waals surface area contributed by atoms with Crippen LogP contribution in [0.4, 0.5) is 0 Å². The van der Waals surface area contributed by atoms with Crippen molar-refractivity contribution in [3.8, 4) is 23.0 Å². The van der Waals surface area contributed by atoms with Crippen LogP contribution in [-0.2, 0) is 70.5 Å². The Morgan fingerprint density at radius 1 is 0.602 bits per heavy atom. The van der Waals surface area contributed by atoms with Crippen molar-refractivity contribution in [3.63, 3.8) is 0 Å². The number of aliphatic hydroxyl groups excluding tert-OH is 1. The van der Waals surface area contributed by atoms with E-state index >= 15 is 0 Å². The number of hydrogen-bond donors (Lipinski definition) is 14. The lowest BCUT2D eigenvalue weighted by Crippen LogP contribution is -2.60. The number of nitrogens with two attached hydrogens (primary N) is 4. The minimum Gasteiger partial charge on any atom is -0.508 e. The Labute approximate surface area is 510 Å². The van der Waals surface area contributed by atoms with E-state index in [2.05, 4.69) is 38.8 Å². The number of carboxylic acids is 1. The SMILES string of the molecule is CCCCCCCCCCC[C@@H](N)CC(=O)N[C@@H](CC(N)=O)C(=O)N[C@H](Cc1ccc(O)cc1)C(=O)N[C@H](CC(N)=O)C(=O)N[C@@H](CCC(=O)NCc1c(OC)cc(OC)cc1OC)C(=O)N1CCC[C@H]1C(=O)N[C@H](CC(N)=O)C(=O)N[C@@H](CO)C(=O)O. The first-order chi connectivity index (χ1) is 41.8. The second-order valence-corrected chi connectivity index (χ2v) is 21.4. The number of carbonyl (C=O) groups excluding carboxylic acids is 11. The zero-order chi connectivity index (χ0) is 65.5. The number of hydrogen-bond acceptors (Lipinski definition) is 18. The number of ether oxygens (including phenoxy) is 3. The van der Waals surface area contributed by atoms with E-state index < -0.39 is 158 Å². The van der Waals surface area contributed by atoms with Crippen LogP contribution in [0.2, 0.25) is 0 Å². The fourth-order valence-corrected chi connectivity index (χ4v) is 9.73. The number of aromatic hydroxyl groups is 1. The number of phenolic OH excluding ortho intramolecular Hbond substituents is 1. The summed E-state index contributed by atoms with van der Waals surface area (Å²) in [7, 11) is 4.18. The number of amides is 11. The first-order valence-corrected chi connectivity index (χ1v) is 29.2. The first kappa shape index (κ1) is 73.5. The standard InChI is InChI=1S/C58H88N12O18/c1-5-6-7-8-9-10-11-12-13-15-34(59)25-51(77)64-40(28-47(60)73)53(79)66-39(24-33-17-19-35(72)20-18-33)52(78)67-41(29-48(61)74)54(80)65-38(21-22-50(76)63-31-37-45(87-3)26-36(86-2)27-46(37)88-4)57(83)70-23-14-16-44(70)56(82)68-42(30-49(62)75)55(81)69-43(32-71)58(84)85/h17-20,26-27,34,38-44,71-72H,5-16,21-25,28-32,59H2,1-4H3,(H2,60,73)(H2,61,74)(H2,62,75)(H,63,76)(H,64,77)(H,65,80)(H,66,79)(H,67,78)(H,68,82)(H,69,81)(H,84,85)/t34-,38+,39-,40+,41-,42-,43+,44+/m1/s1. The number of benzene rings is 2. The molecular formula is C58H88N12O18. The molecular weight excluding hydrogens is 1150 g/mol. The summed E-state index contributed by atoms with van der Waals surface area (Å²) in [5.74, 6) is -12.2. The molecule has 0 radical (unpaired) electrons. The van der Waals surface area contributed by atoms with E-state index in [0.29, 0.717) is 23.3 Å². The van der Waals surface area contributed by atoms with Crippen LogP contribution in [0.5, 0.6) is 23.0 Å². The zero-order valence-electron chi connectivity index (χ0n) is 50.4. The summed E-state index contributed by atoms with van der Waals surface area (Å²) in [4.78, 5) is 162. The van der Waals surface area contributed by atoms with Gasteiger partial charge in [-0.2, -0.15) is 0 Å². The van der Waals surface area contributed by atoms with Crippen molar-refractivity contribution in [2.75, 3.05) is 34.5 Å². The number of carbonyl (C=O) groups is 12. The number of nitrogens with one attached hydrogen (secondary N) is 7. The van der Waals surface area contributed by atoms with Crippen molar-refractivity contribution < 1.29 is 87.1 Å². The number of phenols is 1. The van der Waals surface area contributed by atoms with Gasteiger partial charge in [0.25, 0.3) is 0 Å². The highest BCUT2D eigenvalue weighted by Gasteiger charge is 2.41. The van der Waals surface area contributed by atoms with E-state index in [0.717, 1.165) is 43.4 Å². The van der Waals surface area contributed by atoms with Crippen molar-refractivity contribution in [1.29, 1.82) is 0 Å². The topological polar surface area (TPSA) is 485 Å². The monoisotopic (exact) mass is 1240 g/mol. The van der Waals surface area contributed by atoms with E-state index in [4.69, 9.17) is 37.1 Å². The predicted molar refractivity (Wildman–Crippen MR) is 316 cm³/mol. The number of nitrogens with zero attached hydrogens (tertiary/aromatic N) is 1. The molecule has 0 aromatic heterocycles. The number of methoxy groups -OCH3 is 3. The van der Waals surface area contributed by atoms with Crippen LogP contribution >= 0.6 is 0 Å². The van der Waals surface area contributed by atoms with E-state index in [1.54, 1.807) is 12.1 Å². The fourth-order valence-electron chi connectivity index (χ4n) is 9.73. The second kappa shape index (κ2) is 38.4. The Bertz CT molecular complexity index is 2690. The van der Waals surface area contributed by atoms with Crippen LogP contribution in [0.25, 0.3) is 0 Å². The number of aliphatic hydroxyl groups is 1. The van der Waals surface area contributed by atoms with Gasteiger partial charge < -0.3 is 94.6 Å². The van der Waals surface area contributed by atoms with E-state index in [-0.39, 0.29) is 56.0 Å². The number of carboxylic acid groups (broad SMARTS) is 1. The van der Waals surface area contributed by atoms with Gasteiger partial charge in [-0.15, -0.1) is 0 Å². The summed E-state index contributed by atoms with van der Waals surface area (Å²) in [6, 6.07) is -4.16. The van der Waals surface area contributed by atoms with Gasteiger partial charge in [0.05, 0.1) is 59.3 Å². The molecule has 0 spiro atoms. The second-order valence-electron chi connectivity index (χ2n) is 21.4. The van der Waals surface area contributed by atoms with Gasteiger partial charge in [-0.25, -0.2) is 4.79 Å². The van der Waals surface area contributed by atoms with Crippen molar-refractivity contribution in [3.05, 3.63) is 47.5 Å². The Balaban J connectivity index is 1.96. The van der Waals surface area contributed by atoms with Crippen LogP contribution in [0.3, 0.4) is 0 Å². The van der Waals surface area contributed by atoms with E-state index in [1.807, 2.05) is 5.32 Å². The highest BCUT2D eigenvalue weighted by molar-refractivity contribution is 6.00. The largest absolute Gasteiger partial charge is 0.508 e. The molecule has 3 rings (SSSR count). The van der Waals surface area contributed by atoms with Crippen LogP contribution in [0.1, 0.15) is 134 Å². The molecule has 0 saturated carbocycles. The molecule has 1 fully saturated rings. The maximum absolute atomic E-state index is 14.8. The highest BCUT2D eigenvalue weighted by atomic mass is 16.5. The highest BCUT2D eigenvalue weighted by Crippen LogP contribution is 2.34. The third-order valence-electron chi connectivity index (χ3n) is 14.5. The van der Waals surface area contributed by atoms with Gasteiger partial charge in [0.15, 0.2) is 0 Å². The van der Waals surface area contributed by atoms with Gasteiger partial charge in [-0.3, -0.25) is 52.7 Å². The first-order valence-electron chi connectivity index (χ1n) is 29.2. The molecule has 1 aliphatic heterocycles. The number of primary amides is 3. The molecule has 30 nitrogen and oxygen atoms in total. The lowest BCUT2D eigenvalue weighted by Gasteiger charge is -2.31. The van der Waals surface area contributed by atoms with E-state index in [1.165, 1.54) is 64.9 Å². The third kappa shape index (κ3) is 25.6. The van der Waals surface area contributed by atoms with Gasteiger partial charge >= 0.3 is 5.97 Å². The van der Waals surface area contributed by atoms with Crippen LogP contribution < -0.4 is 74.4 Å². The Morgan fingerprint density at radius 3 is 1.60 bits per heavy atom. The minimum absolute atomic E-state index is 0.0605. The fraction of sp³-hybridized carbons (Fsp3) is 0.586. The Kier molecular flexibility index (Phi) is 32.0. The minimum atomic E-state index is -1.93. The summed E-state index contributed by atoms with van der Waals surface area (Å²) in [5.41, 5.74) is 23.5. The van der Waals surface area contributed by atoms with Crippen LogP contribution in [0, 0.1) is 0 Å². The molecule has 18 N–H and O–H groups in total. The number of unbranched alkanes of at least 4 members (excludes halogenated alkanes) is 8. The lowest BCUT2D eigenvalue weighted by molar-refractivity contribution is -0.144. The van der Waals surface area contributed by atoms with Gasteiger partial charge in [-0.1, -0.05) is 76.8 Å². The average molecular weight is 1240 g/mol. The Morgan fingerprint density at radius 2 is 1.09 bits per heavy atom. The quantitative estimate of drug-likeness (QED) is 0.0329. The average Bonchev–Trinajstić information content (AvgIpc) is 2.53. The van der Waals surface area contributed by atoms with Crippen molar-refractivity contribution >= 4 is 70.9 Å². The summed E-state index contributed by atoms with van der Waals surface area (Å²) in [6.07, 6.45) is 6.18. The van der Waals surface area contributed by atoms with Gasteiger partial charge in [-0.05, 0) is 43.4 Å². The molecule has 0 unspecified atom stereocenters. The number of rotatable bonds is 42. The lowest BCUT2D eigenvalue weighted by atomic mass is 10.0. The molecule has 0 bridgehead atoms. The molecule has 1 saturated heterocycles. The van der Waals surface area contributed by atoms with Gasteiger partial charge in [0, 0.05) is 44.0 Å². The maximum atomic E-state index is 14.8. The predicted octanol–water partition coefficient (Wildman–Crippen LogP) is -1.70. The Hall–Kier alpha value is -8.80. The molecule has 1 heterocycles. The molecule has 2 aromatic rings. The van der Waals surface area contributed by atoms with Gasteiger partial charge in [0.2, 0.25) is 65.0 Å². The number of likely N-dealkylation sites (tertiary alicyclic amines) is 1.